The van der Waals surface area contributed by atoms with Gasteiger partial charge < -0.3 is 9.47 Å². The molecule has 1 aliphatic heterocycles. The van der Waals surface area contributed by atoms with Gasteiger partial charge in [0, 0.05) is 18.0 Å². The first-order valence-corrected chi connectivity index (χ1v) is 12.0. The van der Waals surface area contributed by atoms with Crippen molar-refractivity contribution in [2.24, 2.45) is 5.41 Å². The highest BCUT2D eigenvalue weighted by Gasteiger charge is 2.45. The number of hydrogen-bond acceptors (Lipinski definition) is 6. The van der Waals surface area contributed by atoms with Crippen molar-refractivity contribution in [2.45, 2.75) is 37.3 Å². The smallest absolute Gasteiger partial charge is 0.312 e. The molecule has 0 spiro atoms. The Kier molecular flexibility index (Phi) is 6.97. The third-order valence-electron chi connectivity index (χ3n) is 5.29. The quantitative estimate of drug-likeness (QED) is 0.587. The van der Waals surface area contributed by atoms with Crippen molar-refractivity contribution < 1.29 is 22.7 Å². The van der Waals surface area contributed by atoms with Crippen LogP contribution in [-0.4, -0.2) is 45.0 Å². The second-order valence-corrected chi connectivity index (χ2v) is 10.6. The standard InChI is InChI=1S/C21H27NO5S2/c1-3-26-20(23)21(13-16-27-18-7-5-4-6-8-18)11-14-22(15-12-21)29(24,25)19-10-9-17(2)28-19/h4-10H,3,11-16H2,1-2H3. The van der Waals surface area contributed by atoms with Crippen LogP contribution in [0.25, 0.3) is 0 Å². The Bertz CT molecular complexity index is 916. The Labute approximate surface area is 176 Å². The second-order valence-electron chi connectivity index (χ2n) is 7.18. The van der Waals surface area contributed by atoms with E-state index in [0.29, 0.717) is 49.8 Å². The lowest BCUT2D eigenvalue weighted by atomic mass is 9.76. The molecule has 0 N–H and O–H groups in total. The third kappa shape index (κ3) is 4.99. The van der Waals surface area contributed by atoms with E-state index in [4.69, 9.17) is 9.47 Å². The molecule has 2 aromatic rings. The van der Waals surface area contributed by atoms with E-state index >= 15 is 0 Å². The number of sulfonamides is 1. The van der Waals surface area contributed by atoms with Gasteiger partial charge in [-0.3, -0.25) is 4.79 Å². The van der Waals surface area contributed by atoms with Gasteiger partial charge in [-0.1, -0.05) is 18.2 Å². The number of carbonyl (C=O) groups is 1. The number of piperidine rings is 1. The van der Waals surface area contributed by atoms with Gasteiger partial charge in [0.1, 0.15) is 9.96 Å². The number of benzene rings is 1. The van der Waals surface area contributed by atoms with Crippen molar-refractivity contribution in [3.8, 4) is 5.75 Å². The summed E-state index contributed by atoms with van der Waals surface area (Å²) in [5.74, 6) is 0.486. The lowest BCUT2D eigenvalue weighted by molar-refractivity contribution is -0.159. The summed E-state index contributed by atoms with van der Waals surface area (Å²) in [6, 6.07) is 12.9. The zero-order valence-corrected chi connectivity index (χ0v) is 18.4. The van der Waals surface area contributed by atoms with E-state index in [2.05, 4.69) is 0 Å². The lowest BCUT2D eigenvalue weighted by Crippen LogP contribution is -2.47. The summed E-state index contributed by atoms with van der Waals surface area (Å²) in [4.78, 5) is 13.7. The highest BCUT2D eigenvalue weighted by atomic mass is 32.2. The highest BCUT2D eigenvalue weighted by Crippen LogP contribution is 2.39. The van der Waals surface area contributed by atoms with Gasteiger partial charge >= 0.3 is 5.97 Å². The molecule has 1 aliphatic rings. The number of esters is 1. The molecule has 0 radical (unpaired) electrons. The van der Waals surface area contributed by atoms with Crippen LogP contribution < -0.4 is 4.74 Å². The Balaban J connectivity index is 1.68. The fourth-order valence-corrected chi connectivity index (χ4v) is 6.43. The molecule has 158 valence electrons. The summed E-state index contributed by atoms with van der Waals surface area (Å²) >= 11 is 1.27. The van der Waals surface area contributed by atoms with Gasteiger partial charge in [-0.25, -0.2) is 8.42 Å². The molecule has 0 amide bonds. The summed E-state index contributed by atoms with van der Waals surface area (Å²) in [5.41, 5.74) is -0.720. The minimum absolute atomic E-state index is 0.263. The number of para-hydroxylation sites is 1. The number of rotatable bonds is 8. The van der Waals surface area contributed by atoms with E-state index in [9.17, 15) is 13.2 Å². The molecule has 1 aromatic heterocycles. The monoisotopic (exact) mass is 437 g/mol. The van der Waals surface area contributed by atoms with Crippen LogP contribution >= 0.6 is 11.3 Å². The van der Waals surface area contributed by atoms with Crippen molar-refractivity contribution in [3.05, 3.63) is 47.3 Å². The van der Waals surface area contributed by atoms with Crippen molar-refractivity contribution in [1.29, 1.82) is 0 Å². The number of thiophene rings is 1. The van der Waals surface area contributed by atoms with Crippen molar-refractivity contribution >= 4 is 27.3 Å². The van der Waals surface area contributed by atoms with E-state index in [1.54, 1.807) is 13.0 Å². The van der Waals surface area contributed by atoms with Crippen LogP contribution in [0.15, 0.2) is 46.7 Å². The highest BCUT2D eigenvalue weighted by molar-refractivity contribution is 7.91. The van der Waals surface area contributed by atoms with Crippen molar-refractivity contribution in [1.82, 2.24) is 4.31 Å². The van der Waals surface area contributed by atoms with Gasteiger partial charge in [0.15, 0.2) is 0 Å². The number of carbonyl (C=O) groups excluding carboxylic acids is 1. The molecule has 1 aromatic carbocycles. The maximum Gasteiger partial charge on any atom is 0.312 e. The fraction of sp³-hybridized carbons (Fsp3) is 0.476. The molecular weight excluding hydrogens is 410 g/mol. The summed E-state index contributed by atoms with van der Waals surface area (Å²) in [7, 11) is -3.52. The predicted octanol–water partition coefficient (Wildman–Crippen LogP) is 3.86. The van der Waals surface area contributed by atoms with Gasteiger partial charge in [-0.05, 0) is 57.4 Å². The molecule has 0 unspecified atom stereocenters. The van der Waals surface area contributed by atoms with Gasteiger partial charge in [0.05, 0.1) is 18.6 Å². The lowest BCUT2D eigenvalue weighted by Gasteiger charge is -2.39. The molecular formula is C21H27NO5S2. The van der Waals surface area contributed by atoms with Crippen LogP contribution in [0, 0.1) is 12.3 Å². The second kappa shape index (κ2) is 9.28. The molecule has 1 fully saturated rings. The topological polar surface area (TPSA) is 72.9 Å². The molecule has 0 bridgehead atoms. The van der Waals surface area contributed by atoms with E-state index in [1.807, 2.05) is 43.3 Å². The van der Waals surface area contributed by atoms with Gasteiger partial charge in [-0.15, -0.1) is 11.3 Å². The number of nitrogens with zero attached hydrogens (tertiary/aromatic N) is 1. The first-order valence-electron chi connectivity index (χ1n) is 9.79. The number of ether oxygens (including phenoxy) is 2. The van der Waals surface area contributed by atoms with Gasteiger partial charge in [-0.2, -0.15) is 4.31 Å². The number of hydrogen-bond donors (Lipinski definition) is 0. The van der Waals surface area contributed by atoms with Crippen LogP contribution in [-0.2, 0) is 19.6 Å². The SMILES string of the molecule is CCOC(=O)C1(CCOc2ccccc2)CCN(S(=O)(=O)c2ccc(C)s2)CC1. The molecule has 2 heterocycles. The Morgan fingerprint density at radius 2 is 1.83 bits per heavy atom. The average molecular weight is 438 g/mol. The first-order chi connectivity index (χ1) is 13.9. The summed E-state index contributed by atoms with van der Waals surface area (Å²) in [5, 5.41) is 0. The maximum atomic E-state index is 12.9. The van der Waals surface area contributed by atoms with Crippen molar-refractivity contribution in [2.75, 3.05) is 26.3 Å². The minimum Gasteiger partial charge on any atom is -0.494 e. The largest absolute Gasteiger partial charge is 0.494 e. The van der Waals surface area contributed by atoms with Gasteiger partial charge in [0.2, 0.25) is 0 Å². The van der Waals surface area contributed by atoms with Gasteiger partial charge in [0.25, 0.3) is 10.0 Å². The average Bonchev–Trinajstić information content (AvgIpc) is 3.16. The van der Waals surface area contributed by atoms with E-state index < -0.39 is 15.4 Å². The zero-order valence-electron chi connectivity index (χ0n) is 16.8. The normalized spacial score (nSPS) is 17.0. The molecule has 8 heteroatoms. The Morgan fingerprint density at radius 3 is 2.41 bits per heavy atom. The molecule has 29 heavy (non-hydrogen) atoms. The van der Waals surface area contributed by atoms with E-state index in [0.717, 1.165) is 10.6 Å². The maximum absolute atomic E-state index is 12.9. The molecule has 0 aliphatic carbocycles. The predicted molar refractivity (Wildman–Crippen MR) is 113 cm³/mol. The molecule has 0 atom stereocenters. The molecule has 1 saturated heterocycles. The Hall–Kier alpha value is -1.90. The third-order valence-corrected chi connectivity index (χ3v) is 8.66. The van der Waals surface area contributed by atoms with Crippen LogP contribution in [0.1, 0.15) is 31.1 Å². The summed E-state index contributed by atoms with van der Waals surface area (Å²) in [6.07, 6.45) is 1.34. The summed E-state index contributed by atoms with van der Waals surface area (Å²) in [6.45, 7) is 4.94. The van der Waals surface area contributed by atoms with E-state index in [-0.39, 0.29) is 5.97 Å². The van der Waals surface area contributed by atoms with Crippen molar-refractivity contribution in [3.63, 3.8) is 0 Å². The molecule has 6 nitrogen and oxygen atoms in total. The van der Waals surface area contributed by atoms with Crippen LogP contribution in [0.4, 0.5) is 0 Å². The van der Waals surface area contributed by atoms with Crippen LogP contribution in [0.2, 0.25) is 0 Å². The zero-order chi connectivity index (χ0) is 20.9. The molecule has 0 saturated carbocycles. The fourth-order valence-electron chi connectivity index (χ4n) is 3.55. The summed E-state index contributed by atoms with van der Waals surface area (Å²) < 4.78 is 38.8. The number of aryl methyl sites for hydroxylation is 1. The first kappa shape index (κ1) is 21.8. The van der Waals surface area contributed by atoms with Crippen LogP contribution in [0.3, 0.4) is 0 Å². The Morgan fingerprint density at radius 1 is 1.14 bits per heavy atom. The van der Waals surface area contributed by atoms with Crippen LogP contribution in [0.5, 0.6) is 5.75 Å². The minimum atomic E-state index is -3.52. The molecule has 3 rings (SSSR count). The van der Waals surface area contributed by atoms with E-state index in [1.165, 1.54) is 15.6 Å².